The molecular weight excluding hydrogens is 360 g/mol. The number of nitrogens with zero attached hydrogens (tertiary/aromatic N) is 1. The molecule has 2 aromatic rings. The Morgan fingerprint density at radius 2 is 1.71 bits per heavy atom. The molecule has 3 rings (SSSR count). The third kappa shape index (κ3) is 4.03. The molecule has 1 saturated heterocycles. The molecule has 2 amide bonds. The molecule has 1 aliphatic rings. The first kappa shape index (κ1) is 19.5. The molecule has 0 bridgehead atoms. The molecule has 1 N–H and O–H groups in total. The predicted octanol–water partition coefficient (Wildman–Crippen LogP) is 2.38. The highest BCUT2D eigenvalue weighted by Gasteiger charge is 2.35. The summed E-state index contributed by atoms with van der Waals surface area (Å²) < 4.78 is 16.0. The van der Waals surface area contributed by atoms with E-state index in [-0.39, 0.29) is 18.2 Å². The average Bonchev–Trinajstić information content (AvgIpc) is 3.13. The Morgan fingerprint density at radius 3 is 2.29 bits per heavy atom. The number of benzene rings is 2. The zero-order chi connectivity index (χ0) is 20.1. The first-order chi connectivity index (χ1) is 13.6. The standard InChI is InChI=1S/C21H24N2O5/c1-26-17-10-16(11-18(27-2)20(17)28-3)23-13-15(9-19(23)24)21(25)22-12-14-7-5-4-6-8-14/h4-8,10-11,15H,9,12-13H2,1-3H3,(H,22,25). The molecule has 2 aromatic carbocycles. The summed E-state index contributed by atoms with van der Waals surface area (Å²) in [6.07, 6.45) is 0.164. The van der Waals surface area contributed by atoms with Gasteiger partial charge < -0.3 is 24.4 Å². The largest absolute Gasteiger partial charge is 0.493 e. The summed E-state index contributed by atoms with van der Waals surface area (Å²) in [7, 11) is 4.56. The molecule has 1 fully saturated rings. The van der Waals surface area contributed by atoms with Gasteiger partial charge in [0.1, 0.15) is 0 Å². The van der Waals surface area contributed by atoms with Crippen LogP contribution in [0.3, 0.4) is 0 Å². The van der Waals surface area contributed by atoms with Crippen LogP contribution in [0.15, 0.2) is 42.5 Å². The highest BCUT2D eigenvalue weighted by molar-refractivity contribution is 6.00. The molecule has 0 saturated carbocycles. The molecule has 1 aliphatic heterocycles. The van der Waals surface area contributed by atoms with E-state index in [1.54, 1.807) is 17.0 Å². The second-order valence-electron chi connectivity index (χ2n) is 6.49. The molecule has 0 aromatic heterocycles. The monoisotopic (exact) mass is 384 g/mol. The lowest BCUT2D eigenvalue weighted by Crippen LogP contribution is -2.32. The Bertz CT molecular complexity index is 828. The van der Waals surface area contributed by atoms with Crippen LogP contribution >= 0.6 is 0 Å². The third-order valence-corrected chi connectivity index (χ3v) is 4.77. The van der Waals surface area contributed by atoms with Crippen molar-refractivity contribution in [3.63, 3.8) is 0 Å². The zero-order valence-electron chi connectivity index (χ0n) is 16.2. The van der Waals surface area contributed by atoms with E-state index < -0.39 is 5.92 Å². The van der Waals surface area contributed by atoms with Crippen LogP contribution in [0.4, 0.5) is 5.69 Å². The molecule has 1 heterocycles. The number of carbonyl (C=O) groups is 2. The number of carbonyl (C=O) groups excluding carboxylic acids is 2. The summed E-state index contributed by atoms with van der Waals surface area (Å²) in [5.74, 6) is 0.720. The summed E-state index contributed by atoms with van der Waals surface area (Å²) in [5.41, 5.74) is 1.62. The van der Waals surface area contributed by atoms with Crippen LogP contribution in [0.1, 0.15) is 12.0 Å². The van der Waals surface area contributed by atoms with Crippen LogP contribution in [-0.4, -0.2) is 39.7 Å². The summed E-state index contributed by atoms with van der Waals surface area (Å²) in [5, 5.41) is 2.91. The van der Waals surface area contributed by atoms with E-state index in [4.69, 9.17) is 14.2 Å². The summed E-state index contributed by atoms with van der Waals surface area (Å²) in [6.45, 7) is 0.743. The van der Waals surface area contributed by atoms with Gasteiger partial charge in [0.25, 0.3) is 0 Å². The maximum absolute atomic E-state index is 12.6. The number of hydrogen-bond donors (Lipinski definition) is 1. The van der Waals surface area contributed by atoms with Crippen LogP contribution in [-0.2, 0) is 16.1 Å². The summed E-state index contributed by atoms with van der Waals surface area (Å²) in [6, 6.07) is 13.1. The minimum absolute atomic E-state index is 0.117. The van der Waals surface area contributed by atoms with Crippen molar-refractivity contribution in [3.8, 4) is 17.2 Å². The van der Waals surface area contributed by atoms with E-state index >= 15 is 0 Å². The van der Waals surface area contributed by atoms with Crippen LogP contribution in [0.5, 0.6) is 17.2 Å². The van der Waals surface area contributed by atoms with E-state index in [9.17, 15) is 9.59 Å². The number of methoxy groups -OCH3 is 3. The van der Waals surface area contributed by atoms with E-state index in [2.05, 4.69) is 5.32 Å². The van der Waals surface area contributed by atoms with Gasteiger partial charge in [0.15, 0.2) is 11.5 Å². The maximum atomic E-state index is 12.6. The molecule has 1 atom stereocenters. The second-order valence-corrected chi connectivity index (χ2v) is 6.49. The van der Waals surface area contributed by atoms with Crippen LogP contribution in [0, 0.1) is 5.92 Å². The quantitative estimate of drug-likeness (QED) is 0.793. The lowest BCUT2D eigenvalue weighted by atomic mass is 10.1. The van der Waals surface area contributed by atoms with Gasteiger partial charge in [0, 0.05) is 31.6 Å². The Labute approximate surface area is 164 Å². The second kappa shape index (κ2) is 8.65. The van der Waals surface area contributed by atoms with Gasteiger partial charge in [-0.15, -0.1) is 0 Å². The van der Waals surface area contributed by atoms with Crippen molar-refractivity contribution in [1.29, 1.82) is 0 Å². The number of nitrogens with one attached hydrogen (secondary N) is 1. The smallest absolute Gasteiger partial charge is 0.227 e. The number of rotatable bonds is 7. The van der Waals surface area contributed by atoms with Gasteiger partial charge in [-0.25, -0.2) is 0 Å². The van der Waals surface area contributed by atoms with E-state index in [0.29, 0.717) is 36.0 Å². The van der Waals surface area contributed by atoms with Gasteiger partial charge in [-0.05, 0) is 5.56 Å². The van der Waals surface area contributed by atoms with Crippen molar-refractivity contribution < 1.29 is 23.8 Å². The third-order valence-electron chi connectivity index (χ3n) is 4.77. The molecule has 148 valence electrons. The van der Waals surface area contributed by atoms with Gasteiger partial charge >= 0.3 is 0 Å². The molecule has 0 spiro atoms. The van der Waals surface area contributed by atoms with Crippen LogP contribution < -0.4 is 24.4 Å². The summed E-state index contributed by atoms with van der Waals surface area (Å²) >= 11 is 0. The van der Waals surface area contributed by atoms with Gasteiger partial charge in [-0.2, -0.15) is 0 Å². The fourth-order valence-electron chi connectivity index (χ4n) is 3.29. The van der Waals surface area contributed by atoms with Crippen molar-refractivity contribution in [2.24, 2.45) is 5.92 Å². The molecule has 0 radical (unpaired) electrons. The normalized spacial score (nSPS) is 16.0. The van der Waals surface area contributed by atoms with Gasteiger partial charge in [0.2, 0.25) is 17.6 Å². The average molecular weight is 384 g/mol. The minimum atomic E-state index is -0.407. The van der Waals surface area contributed by atoms with Gasteiger partial charge in [0.05, 0.1) is 32.9 Å². The Kier molecular flexibility index (Phi) is 6.03. The molecule has 7 heteroatoms. The van der Waals surface area contributed by atoms with Crippen molar-refractivity contribution in [2.75, 3.05) is 32.8 Å². The topological polar surface area (TPSA) is 77.1 Å². The maximum Gasteiger partial charge on any atom is 0.227 e. The Morgan fingerprint density at radius 1 is 1.07 bits per heavy atom. The molecule has 1 unspecified atom stereocenters. The van der Waals surface area contributed by atoms with E-state index in [1.807, 2.05) is 30.3 Å². The first-order valence-electron chi connectivity index (χ1n) is 8.99. The van der Waals surface area contributed by atoms with Crippen molar-refractivity contribution in [1.82, 2.24) is 5.32 Å². The number of amides is 2. The molecule has 0 aliphatic carbocycles. The lowest BCUT2D eigenvalue weighted by Gasteiger charge is -2.20. The highest BCUT2D eigenvalue weighted by Crippen LogP contribution is 2.42. The van der Waals surface area contributed by atoms with Crippen LogP contribution in [0.25, 0.3) is 0 Å². The van der Waals surface area contributed by atoms with Crippen molar-refractivity contribution >= 4 is 17.5 Å². The molecular formula is C21H24N2O5. The minimum Gasteiger partial charge on any atom is -0.493 e. The van der Waals surface area contributed by atoms with Gasteiger partial charge in [-0.3, -0.25) is 9.59 Å². The fourth-order valence-corrected chi connectivity index (χ4v) is 3.29. The number of ether oxygens (including phenoxy) is 3. The van der Waals surface area contributed by atoms with Gasteiger partial charge in [-0.1, -0.05) is 30.3 Å². The number of hydrogen-bond acceptors (Lipinski definition) is 5. The Hall–Kier alpha value is -3.22. The molecule has 28 heavy (non-hydrogen) atoms. The van der Waals surface area contributed by atoms with Crippen molar-refractivity contribution in [2.45, 2.75) is 13.0 Å². The lowest BCUT2D eigenvalue weighted by molar-refractivity contribution is -0.126. The van der Waals surface area contributed by atoms with Crippen LogP contribution in [0.2, 0.25) is 0 Å². The van der Waals surface area contributed by atoms with E-state index in [0.717, 1.165) is 5.56 Å². The summed E-state index contributed by atoms with van der Waals surface area (Å²) in [4.78, 5) is 26.7. The predicted molar refractivity (Wildman–Crippen MR) is 105 cm³/mol. The first-order valence-corrected chi connectivity index (χ1v) is 8.99. The fraction of sp³-hybridized carbons (Fsp3) is 0.333. The van der Waals surface area contributed by atoms with E-state index in [1.165, 1.54) is 21.3 Å². The Balaban J connectivity index is 1.73. The SMILES string of the molecule is COc1cc(N2CC(C(=O)NCc3ccccc3)CC2=O)cc(OC)c1OC. The number of anilines is 1. The zero-order valence-corrected chi connectivity index (χ0v) is 16.2. The highest BCUT2D eigenvalue weighted by atomic mass is 16.5. The molecule has 7 nitrogen and oxygen atoms in total. The van der Waals surface area contributed by atoms with Crippen molar-refractivity contribution in [3.05, 3.63) is 48.0 Å².